The highest BCUT2D eigenvalue weighted by Gasteiger charge is 2.32. The molecule has 0 bridgehead atoms. The van der Waals surface area contributed by atoms with Crippen molar-refractivity contribution < 1.29 is 23.9 Å². The minimum atomic E-state index is -0.906. The topological polar surface area (TPSA) is 93.7 Å². The largest absolute Gasteiger partial charge is 0.470 e. The van der Waals surface area contributed by atoms with Crippen LogP contribution >= 0.6 is 0 Å². The van der Waals surface area contributed by atoms with Crippen LogP contribution < -0.4 is 10.6 Å². The quantitative estimate of drug-likeness (QED) is 0.591. The molecule has 0 aromatic heterocycles. The van der Waals surface area contributed by atoms with Crippen LogP contribution in [0.1, 0.15) is 11.1 Å². The maximum absolute atomic E-state index is 12.3. The Morgan fingerprint density at radius 1 is 1.11 bits per heavy atom. The average Bonchev–Trinajstić information content (AvgIpc) is 3.04. The van der Waals surface area contributed by atoms with E-state index < -0.39 is 24.3 Å². The van der Waals surface area contributed by atoms with E-state index in [4.69, 9.17) is 9.47 Å². The molecule has 0 radical (unpaired) electrons. The fraction of sp³-hybridized carbons (Fsp3) is 0.190. The van der Waals surface area contributed by atoms with Gasteiger partial charge in [0.15, 0.2) is 18.8 Å². The van der Waals surface area contributed by atoms with Gasteiger partial charge in [-0.2, -0.15) is 0 Å². The summed E-state index contributed by atoms with van der Waals surface area (Å²) in [6.07, 6.45) is 0. The standard InChI is InChI=1S/C21H20N2O5/c1-13-8-9-14(2)16(10-13)23-18(25)12-28-21(26)19-17(24)11-27-20(19)22-15-6-4-3-5-7-15/h3-10,22H,11-12H2,1-2H3,(H,23,25). The van der Waals surface area contributed by atoms with E-state index in [1.54, 1.807) is 24.3 Å². The van der Waals surface area contributed by atoms with Gasteiger partial charge < -0.3 is 20.1 Å². The van der Waals surface area contributed by atoms with Gasteiger partial charge in [0, 0.05) is 11.4 Å². The Hall–Kier alpha value is -3.61. The third-order valence-corrected chi connectivity index (χ3v) is 4.09. The maximum Gasteiger partial charge on any atom is 0.347 e. The first kappa shape index (κ1) is 19.2. The monoisotopic (exact) mass is 380 g/mol. The van der Waals surface area contributed by atoms with Crippen molar-refractivity contribution in [1.82, 2.24) is 0 Å². The number of esters is 1. The Morgan fingerprint density at radius 3 is 2.61 bits per heavy atom. The number of carbonyl (C=O) groups excluding carboxylic acids is 3. The van der Waals surface area contributed by atoms with Gasteiger partial charge in [-0.15, -0.1) is 0 Å². The average molecular weight is 380 g/mol. The van der Waals surface area contributed by atoms with Gasteiger partial charge in [-0.3, -0.25) is 9.59 Å². The summed E-state index contributed by atoms with van der Waals surface area (Å²) in [5.74, 6) is -1.88. The number of ketones is 1. The van der Waals surface area contributed by atoms with Crippen molar-refractivity contribution >= 4 is 29.0 Å². The molecule has 144 valence electrons. The second-order valence-electron chi connectivity index (χ2n) is 6.35. The molecule has 0 saturated carbocycles. The number of ether oxygens (including phenoxy) is 2. The number of hydrogen-bond donors (Lipinski definition) is 2. The number of Topliss-reactive ketones (excluding diaryl/α,β-unsaturated/α-hetero) is 1. The van der Waals surface area contributed by atoms with Crippen molar-refractivity contribution in [2.75, 3.05) is 23.8 Å². The lowest BCUT2D eigenvalue weighted by molar-refractivity contribution is -0.144. The summed E-state index contributed by atoms with van der Waals surface area (Å²) in [6, 6.07) is 14.6. The van der Waals surface area contributed by atoms with Gasteiger partial charge in [-0.25, -0.2) is 4.79 Å². The zero-order valence-electron chi connectivity index (χ0n) is 15.6. The van der Waals surface area contributed by atoms with Crippen LogP contribution in [0.15, 0.2) is 60.0 Å². The molecule has 2 N–H and O–H groups in total. The number of amides is 1. The summed E-state index contributed by atoms with van der Waals surface area (Å²) in [5, 5.41) is 5.57. The van der Waals surface area contributed by atoms with Gasteiger partial charge >= 0.3 is 5.97 Å². The summed E-state index contributed by atoms with van der Waals surface area (Å²) < 4.78 is 10.3. The molecule has 7 heteroatoms. The molecule has 0 atom stereocenters. The first-order valence-electron chi connectivity index (χ1n) is 8.70. The summed E-state index contributed by atoms with van der Waals surface area (Å²) >= 11 is 0. The number of benzene rings is 2. The molecule has 0 saturated heterocycles. The van der Waals surface area contributed by atoms with Crippen LogP contribution in [0.5, 0.6) is 0 Å². The number of para-hydroxylation sites is 1. The first-order chi connectivity index (χ1) is 13.4. The number of carbonyl (C=O) groups is 3. The van der Waals surface area contributed by atoms with Crippen molar-refractivity contribution in [2.45, 2.75) is 13.8 Å². The minimum absolute atomic E-state index is 0.0242. The zero-order valence-corrected chi connectivity index (χ0v) is 15.6. The Morgan fingerprint density at radius 2 is 1.86 bits per heavy atom. The number of hydrogen-bond acceptors (Lipinski definition) is 6. The van der Waals surface area contributed by atoms with Gasteiger partial charge in [0.1, 0.15) is 0 Å². The molecule has 28 heavy (non-hydrogen) atoms. The van der Waals surface area contributed by atoms with Gasteiger partial charge in [-0.1, -0.05) is 30.3 Å². The van der Waals surface area contributed by atoms with Crippen LogP contribution in [0.2, 0.25) is 0 Å². The van der Waals surface area contributed by atoms with E-state index in [0.717, 1.165) is 11.1 Å². The fourth-order valence-electron chi connectivity index (χ4n) is 2.63. The summed E-state index contributed by atoms with van der Waals surface area (Å²) in [7, 11) is 0. The molecule has 1 heterocycles. The van der Waals surface area contributed by atoms with Crippen molar-refractivity contribution in [1.29, 1.82) is 0 Å². The number of aryl methyl sites for hydroxylation is 2. The van der Waals surface area contributed by atoms with E-state index in [9.17, 15) is 14.4 Å². The van der Waals surface area contributed by atoms with E-state index in [1.165, 1.54) is 0 Å². The van der Waals surface area contributed by atoms with Crippen molar-refractivity contribution in [3.63, 3.8) is 0 Å². The molecule has 0 unspecified atom stereocenters. The third kappa shape index (κ3) is 4.56. The van der Waals surface area contributed by atoms with E-state index in [1.807, 2.05) is 38.1 Å². The van der Waals surface area contributed by atoms with E-state index in [0.29, 0.717) is 11.4 Å². The van der Waals surface area contributed by atoms with Crippen molar-refractivity contribution in [3.8, 4) is 0 Å². The molecule has 2 aromatic carbocycles. The molecule has 3 rings (SSSR count). The van der Waals surface area contributed by atoms with Crippen molar-refractivity contribution in [3.05, 3.63) is 71.1 Å². The Kier molecular flexibility index (Phi) is 5.74. The van der Waals surface area contributed by atoms with Crippen LogP contribution in [0, 0.1) is 13.8 Å². The second-order valence-corrected chi connectivity index (χ2v) is 6.35. The summed E-state index contributed by atoms with van der Waals surface area (Å²) in [4.78, 5) is 36.5. The number of nitrogens with one attached hydrogen (secondary N) is 2. The molecular weight excluding hydrogens is 360 g/mol. The number of rotatable bonds is 6. The first-order valence-corrected chi connectivity index (χ1v) is 8.70. The van der Waals surface area contributed by atoms with Gasteiger partial charge in [0.25, 0.3) is 5.91 Å². The normalized spacial score (nSPS) is 13.1. The lowest BCUT2D eigenvalue weighted by Crippen LogP contribution is -2.24. The van der Waals surface area contributed by atoms with Crippen LogP contribution in [-0.4, -0.2) is 30.9 Å². The predicted octanol–water partition coefficient (Wildman–Crippen LogP) is 2.71. The highest BCUT2D eigenvalue weighted by Crippen LogP contribution is 2.21. The van der Waals surface area contributed by atoms with Crippen LogP contribution in [0.25, 0.3) is 0 Å². The molecule has 0 fully saturated rings. The predicted molar refractivity (Wildman–Crippen MR) is 104 cm³/mol. The Balaban J connectivity index is 1.64. The van der Waals surface area contributed by atoms with E-state index >= 15 is 0 Å². The highest BCUT2D eigenvalue weighted by molar-refractivity contribution is 6.20. The molecule has 1 aliphatic heterocycles. The second kappa shape index (κ2) is 8.39. The van der Waals surface area contributed by atoms with Gasteiger partial charge in [0.05, 0.1) is 0 Å². The van der Waals surface area contributed by atoms with Crippen LogP contribution in [-0.2, 0) is 23.9 Å². The minimum Gasteiger partial charge on any atom is -0.470 e. The molecule has 7 nitrogen and oxygen atoms in total. The molecule has 0 spiro atoms. The molecular formula is C21H20N2O5. The molecule has 0 aliphatic carbocycles. The maximum atomic E-state index is 12.3. The number of anilines is 2. The summed E-state index contributed by atoms with van der Waals surface area (Å²) in [6.45, 7) is 3.01. The Bertz CT molecular complexity index is 951. The van der Waals surface area contributed by atoms with Crippen LogP contribution in [0.4, 0.5) is 11.4 Å². The Labute approximate surface area is 162 Å². The van der Waals surface area contributed by atoms with Gasteiger partial charge in [0.2, 0.25) is 11.7 Å². The highest BCUT2D eigenvalue weighted by atomic mass is 16.5. The van der Waals surface area contributed by atoms with E-state index in [2.05, 4.69) is 10.6 Å². The SMILES string of the molecule is Cc1ccc(C)c(NC(=O)COC(=O)C2=C(Nc3ccccc3)OCC2=O)c1. The molecule has 2 aromatic rings. The lowest BCUT2D eigenvalue weighted by atomic mass is 10.1. The van der Waals surface area contributed by atoms with Crippen LogP contribution in [0.3, 0.4) is 0 Å². The fourth-order valence-corrected chi connectivity index (χ4v) is 2.63. The lowest BCUT2D eigenvalue weighted by Gasteiger charge is -2.10. The zero-order chi connectivity index (χ0) is 20.1. The van der Waals surface area contributed by atoms with Crippen molar-refractivity contribution in [2.24, 2.45) is 0 Å². The molecule has 1 aliphatic rings. The molecule has 1 amide bonds. The third-order valence-electron chi connectivity index (χ3n) is 4.09. The van der Waals surface area contributed by atoms with Gasteiger partial charge in [-0.05, 0) is 43.2 Å². The summed E-state index contributed by atoms with van der Waals surface area (Å²) in [5.41, 5.74) is 2.95. The van der Waals surface area contributed by atoms with E-state index in [-0.39, 0.29) is 18.1 Å². The smallest absolute Gasteiger partial charge is 0.347 e.